The summed E-state index contributed by atoms with van der Waals surface area (Å²) in [4.78, 5) is 24.5. The van der Waals surface area contributed by atoms with Gasteiger partial charge in [-0.3, -0.25) is 0 Å². The fraction of sp³-hybridized carbons (Fsp3) is 0.261. The van der Waals surface area contributed by atoms with Gasteiger partial charge in [-0.1, -0.05) is 23.7 Å². The van der Waals surface area contributed by atoms with Gasteiger partial charge in [0.1, 0.15) is 0 Å². The molecule has 6 nitrogen and oxygen atoms in total. The van der Waals surface area contributed by atoms with Crippen LogP contribution >= 0.6 is 11.6 Å². The molecule has 0 aliphatic carbocycles. The lowest BCUT2D eigenvalue weighted by atomic mass is 10.1. The molecule has 1 amide bonds. The molecule has 2 aromatic carbocycles. The maximum atomic E-state index is 13.0. The van der Waals surface area contributed by atoms with E-state index < -0.39 is 17.8 Å². The number of aromatic nitrogens is 2. The Labute approximate surface area is 194 Å². The Kier molecular flexibility index (Phi) is 7.88. The molecule has 0 saturated heterocycles. The van der Waals surface area contributed by atoms with E-state index in [1.807, 2.05) is 19.0 Å². The number of carbonyl (C=O) groups excluding carboxylic acids is 1. The number of anilines is 2. The highest BCUT2D eigenvalue weighted by Gasteiger charge is 2.31. The van der Waals surface area contributed by atoms with Crippen LogP contribution in [0.25, 0.3) is 11.3 Å². The lowest BCUT2D eigenvalue weighted by Crippen LogP contribution is -2.29. The van der Waals surface area contributed by atoms with Crippen molar-refractivity contribution >= 4 is 29.3 Å². The number of ether oxygens (including phenoxy) is 1. The molecule has 3 rings (SSSR count). The van der Waals surface area contributed by atoms with Crippen molar-refractivity contribution in [3.8, 4) is 11.3 Å². The summed E-state index contributed by atoms with van der Waals surface area (Å²) < 4.78 is 44.4. The number of hydrogen-bond donors (Lipinski definition) is 0. The minimum absolute atomic E-state index is 0.0372. The summed E-state index contributed by atoms with van der Waals surface area (Å²) in [6.07, 6.45) is -3.26. The van der Waals surface area contributed by atoms with Crippen LogP contribution in [0.15, 0.2) is 60.8 Å². The van der Waals surface area contributed by atoms with E-state index in [4.69, 9.17) is 16.3 Å². The van der Waals surface area contributed by atoms with Crippen LogP contribution in [0.2, 0.25) is 5.02 Å². The number of benzene rings is 2. The molecule has 0 saturated carbocycles. The van der Waals surface area contributed by atoms with Gasteiger partial charge in [0.15, 0.2) is 0 Å². The second kappa shape index (κ2) is 10.6. The molecule has 1 aromatic heterocycles. The maximum Gasteiger partial charge on any atom is 0.421 e. The predicted octanol–water partition coefficient (Wildman–Crippen LogP) is 6.04. The summed E-state index contributed by atoms with van der Waals surface area (Å²) in [7, 11) is 3.79. The predicted molar refractivity (Wildman–Crippen MR) is 121 cm³/mol. The van der Waals surface area contributed by atoms with Gasteiger partial charge in [0.2, 0.25) is 5.95 Å². The van der Waals surface area contributed by atoms with Crippen LogP contribution in [0.5, 0.6) is 0 Å². The van der Waals surface area contributed by atoms with Crippen molar-refractivity contribution in [3.05, 3.63) is 71.4 Å². The van der Waals surface area contributed by atoms with E-state index in [9.17, 15) is 18.0 Å². The largest absolute Gasteiger partial charge is 0.449 e. The second-order valence-corrected chi connectivity index (χ2v) is 7.84. The SMILES string of the molecule is CN(C)CCCOC(=O)N(c1ccc(C(F)(F)F)cc1)c1nccc(-c2cccc(Cl)c2)n1. The summed E-state index contributed by atoms with van der Waals surface area (Å²) in [5, 5.41) is 0.507. The maximum absolute atomic E-state index is 13.0. The van der Waals surface area contributed by atoms with Crippen molar-refractivity contribution in [3.63, 3.8) is 0 Å². The Bertz CT molecular complexity index is 1090. The van der Waals surface area contributed by atoms with Gasteiger partial charge in [-0.25, -0.2) is 19.7 Å². The lowest BCUT2D eigenvalue weighted by Gasteiger charge is -2.21. The quantitative estimate of drug-likeness (QED) is 0.387. The number of alkyl halides is 3. The first-order chi connectivity index (χ1) is 15.6. The number of carbonyl (C=O) groups is 1. The minimum atomic E-state index is -4.50. The molecule has 10 heteroatoms. The van der Waals surface area contributed by atoms with Gasteiger partial charge < -0.3 is 9.64 Å². The van der Waals surface area contributed by atoms with Crippen LogP contribution in [0.3, 0.4) is 0 Å². The van der Waals surface area contributed by atoms with E-state index in [0.717, 1.165) is 17.0 Å². The fourth-order valence-corrected chi connectivity index (χ4v) is 3.16. The van der Waals surface area contributed by atoms with Crippen molar-refractivity contribution in [1.29, 1.82) is 0 Å². The monoisotopic (exact) mass is 478 g/mol. The standard InChI is InChI=1S/C23H22ClF3N4O2/c1-30(2)13-4-14-33-22(32)31(19-9-7-17(8-10-19)23(25,26)27)21-28-12-11-20(29-21)16-5-3-6-18(24)15-16/h3,5-12,15H,4,13-14H2,1-2H3. The van der Waals surface area contributed by atoms with E-state index in [1.165, 1.54) is 18.3 Å². The smallest absolute Gasteiger partial charge is 0.421 e. The first-order valence-electron chi connectivity index (χ1n) is 10.0. The number of amides is 1. The van der Waals surface area contributed by atoms with E-state index in [2.05, 4.69) is 9.97 Å². The van der Waals surface area contributed by atoms with Crippen LogP contribution in [-0.2, 0) is 10.9 Å². The molecule has 1 heterocycles. The topological polar surface area (TPSA) is 58.6 Å². The van der Waals surface area contributed by atoms with Gasteiger partial charge in [0.25, 0.3) is 0 Å². The molecule has 0 fully saturated rings. The van der Waals surface area contributed by atoms with E-state index in [0.29, 0.717) is 29.2 Å². The molecule has 33 heavy (non-hydrogen) atoms. The minimum Gasteiger partial charge on any atom is -0.449 e. The molecular weight excluding hydrogens is 457 g/mol. The third-order valence-corrected chi connectivity index (χ3v) is 4.81. The van der Waals surface area contributed by atoms with Gasteiger partial charge >= 0.3 is 12.3 Å². The van der Waals surface area contributed by atoms with Gasteiger partial charge in [-0.2, -0.15) is 13.2 Å². The normalized spacial score (nSPS) is 11.5. The molecule has 0 N–H and O–H groups in total. The van der Waals surface area contributed by atoms with Crippen molar-refractivity contribution in [2.45, 2.75) is 12.6 Å². The lowest BCUT2D eigenvalue weighted by molar-refractivity contribution is -0.137. The molecule has 3 aromatic rings. The highest BCUT2D eigenvalue weighted by Crippen LogP contribution is 2.32. The van der Waals surface area contributed by atoms with E-state index in [-0.39, 0.29) is 18.2 Å². The average molecular weight is 479 g/mol. The second-order valence-electron chi connectivity index (χ2n) is 7.40. The highest BCUT2D eigenvalue weighted by atomic mass is 35.5. The van der Waals surface area contributed by atoms with Crippen molar-refractivity contribution in [2.75, 3.05) is 32.1 Å². The first-order valence-corrected chi connectivity index (χ1v) is 10.4. The van der Waals surface area contributed by atoms with Gasteiger partial charge in [-0.05, 0) is 63.0 Å². The van der Waals surface area contributed by atoms with Crippen molar-refractivity contribution < 1.29 is 22.7 Å². The van der Waals surface area contributed by atoms with Gasteiger partial charge in [-0.15, -0.1) is 0 Å². The van der Waals surface area contributed by atoms with Crippen LogP contribution in [0.4, 0.5) is 29.6 Å². The van der Waals surface area contributed by atoms with Crippen molar-refractivity contribution in [2.24, 2.45) is 0 Å². The summed E-state index contributed by atoms with van der Waals surface area (Å²) in [6, 6.07) is 12.8. The molecule has 0 aliphatic rings. The number of nitrogens with zero attached hydrogens (tertiary/aromatic N) is 4. The molecule has 0 aliphatic heterocycles. The zero-order valence-electron chi connectivity index (χ0n) is 18.0. The van der Waals surface area contributed by atoms with Gasteiger partial charge in [0.05, 0.1) is 23.6 Å². The summed E-state index contributed by atoms with van der Waals surface area (Å²) in [5.41, 5.74) is 0.487. The molecule has 0 radical (unpaired) electrons. The zero-order valence-corrected chi connectivity index (χ0v) is 18.8. The molecule has 0 unspecified atom stereocenters. The van der Waals surface area contributed by atoms with Crippen molar-refractivity contribution in [1.82, 2.24) is 14.9 Å². The number of halogens is 4. The van der Waals surface area contributed by atoms with E-state index in [1.54, 1.807) is 30.3 Å². The molecule has 0 spiro atoms. The Morgan fingerprint density at radius 3 is 2.45 bits per heavy atom. The molecule has 174 valence electrons. The van der Waals surface area contributed by atoms with Crippen LogP contribution in [0, 0.1) is 0 Å². The number of hydrogen-bond acceptors (Lipinski definition) is 5. The summed E-state index contributed by atoms with van der Waals surface area (Å²) in [5.74, 6) is -0.0372. The molecular formula is C23H22ClF3N4O2. The Morgan fingerprint density at radius 2 is 1.82 bits per heavy atom. The third-order valence-electron chi connectivity index (χ3n) is 4.57. The van der Waals surface area contributed by atoms with Crippen LogP contribution < -0.4 is 4.90 Å². The fourth-order valence-electron chi connectivity index (χ4n) is 2.97. The Hall–Kier alpha value is -3.17. The summed E-state index contributed by atoms with van der Waals surface area (Å²) in [6.45, 7) is 0.830. The number of rotatable bonds is 7. The molecule has 0 bridgehead atoms. The molecule has 0 atom stereocenters. The van der Waals surface area contributed by atoms with Gasteiger partial charge in [0, 0.05) is 23.3 Å². The highest BCUT2D eigenvalue weighted by molar-refractivity contribution is 6.30. The average Bonchev–Trinajstić information content (AvgIpc) is 2.77. The van der Waals surface area contributed by atoms with Crippen LogP contribution in [0.1, 0.15) is 12.0 Å². The Morgan fingerprint density at radius 1 is 1.09 bits per heavy atom. The first kappa shape index (κ1) is 24.5. The summed E-state index contributed by atoms with van der Waals surface area (Å²) >= 11 is 6.06. The van der Waals surface area contributed by atoms with Crippen LogP contribution in [-0.4, -0.2) is 48.2 Å². The zero-order chi connectivity index (χ0) is 24.0. The third kappa shape index (κ3) is 6.66. The van der Waals surface area contributed by atoms with E-state index >= 15 is 0 Å². The Balaban J connectivity index is 1.95.